The second kappa shape index (κ2) is 7.31. The van der Waals surface area contributed by atoms with Gasteiger partial charge in [0.2, 0.25) is 0 Å². The third-order valence-corrected chi connectivity index (χ3v) is 4.70. The molecule has 1 heterocycles. The Morgan fingerprint density at radius 3 is 2.31 bits per heavy atom. The minimum Gasteiger partial charge on any atom is -0.481 e. The van der Waals surface area contributed by atoms with E-state index >= 15 is 0 Å². The second-order valence-electron chi connectivity index (χ2n) is 6.62. The number of hydrogen-bond acceptors (Lipinski definition) is 2. The molecule has 0 radical (unpaired) electrons. The number of para-hydroxylation sites is 1. The van der Waals surface area contributed by atoms with Crippen molar-refractivity contribution in [2.75, 3.05) is 0 Å². The van der Waals surface area contributed by atoms with Crippen LogP contribution in [0.3, 0.4) is 0 Å². The lowest BCUT2D eigenvalue weighted by molar-refractivity contribution is -0.136. The summed E-state index contributed by atoms with van der Waals surface area (Å²) in [7, 11) is 0. The van der Waals surface area contributed by atoms with E-state index in [1.54, 1.807) is 28.8 Å². The SMILES string of the molecule is O=C(O)Cc1cn(-c2ccccc2)c2cc(-c3ccc(F)cc3)c(F)cc2c1=O. The molecule has 0 fully saturated rings. The van der Waals surface area contributed by atoms with E-state index in [0.29, 0.717) is 16.8 Å². The van der Waals surface area contributed by atoms with Crippen LogP contribution in [0.4, 0.5) is 8.78 Å². The van der Waals surface area contributed by atoms with Crippen LogP contribution in [0, 0.1) is 11.6 Å². The lowest BCUT2D eigenvalue weighted by atomic mass is 10.0. The summed E-state index contributed by atoms with van der Waals surface area (Å²) >= 11 is 0. The van der Waals surface area contributed by atoms with E-state index in [-0.39, 0.29) is 16.5 Å². The van der Waals surface area contributed by atoms with E-state index in [4.69, 9.17) is 5.11 Å². The van der Waals surface area contributed by atoms with Crippen molar-refractivity contribution in [3.05, 3.63) is 100 Å². The third-order valence-electron chi connectivity index (χ3n) is 4.70. The first-order valence-electron chi connectivity index (χ1n) is 8.85. The fourth-order valence-electron chi connectivity index (χ4n) is 3.34. The molecule has 0 spiro atoms. The van der Waals surface area contributed by atoms with Crippen LogP contribution in [0.2, 0.25) is 0 Å². The molecule has 144 valence electrons. The van der Waals surface area contributed by atoms with Crippen LogP contribution in [0.5, 0.6) is 0 Å². The Hall–Kier alpha value is -3.80. The van der Waals surface area contributed by atoms with E-state index in [2.05, 4.69) is 0 Å². The fourth-order valence-corrected chi connectivity index (χ4v) is 3.34. The van der Waals surface area contributed by atoms with Gasteiger partial charge < -0.3 is 9.67 Å². The van der Waals surface area contributed by atoms with E-state index < -0.39 is 29.5 Å². The number of carboxylic acid groups (broad SMARTS) is 1. The smallest absolute Gasteiger partial charge is 0.308 e. The van der Waals surface area contributed by atoms with E-state index in [1.165, 1.54) is 36.5 Å². The molecular formula is C23H15F2NO3. The maximum Gasteiger partial charge on any atom is 0.308 e. The number of carbonyl (C=O) groups is 1. The number of rotatable bonds is 4. The quantitative estimate of drug-likeness (QED) is 0.555. The number of benzene rings is 3. The molecule has 0 atom stereocenters. The Kier molecular flexibility index (Phi) is 4.68. The van der Waals surface area contributed by atoms with Crippen molar-refractivity contribution in [3.8, 4) is 16.8 Å². The van der Waals surface area contributed by atoms with Crippen LogP contribution >= 0.6 is 0 Å². The Morgan fingerprint density at radius 1 is 0.966 bits per heavy atom. The highest BCUT2D eigenvalue weighted by Gasteiger charge is 2.16. The predicted molar refractivity (Wildman–Crippen MR) is 106 cm³/mol. The van der Waals surface area contributed by atoms with Gasteiger partial charge in [-0.1, -0.05) is 30.3 Å². The average Bonchev–Trinajstić information content (AvgIpc) is 2.71. The number of fused-ring (bicyclic) bond motifs is 1. The van der Waals surface area contributed by atoms with Crippen LogP contribution in [-0.2, 0) is 11.2 Å². The van der Waals surface area contributed by atoms with Crippen molar-refractivity contribution in [3.63, 3.8) is 0 Å². The molecule has 0 unspecified atom stereocenters. The van der Waals surface area contributed by atoms with Gasteiger partial charge in [-0.15, -0.1) is 0 Å². The summed E-state index contributed by atoms with van der Waals surface area (Å²) in [6.07, 6.45) is 1.00. The van der Waals surface area contributed by atoms with E-state index in [1.807, 2.05) is 6.07 Å². The third kappa shape index (κ3) is 3.52. The van der Waals surface area contributed by atoms with Gasteiger partial charge in [-0.25, -0.2) is 8.78 Å². The molecule has 4 rings (SSSR count). The number of pyridine rings is 1. The topological polar surface area (TPSA) is 59.3 Å². The minimum atomic E-state index is -1.15. The number of aromatic nitrogens is 1. The summed E-state index contributed by atoms with van der Waals surface area (Å²) in [5, 5.41) is 9.22. The van der Waals surface area contributed by atoms with E-state index in [0.717, 1.165) is 6.07 Å². The van der Waals surface area contributed by atoms with Gasteiger partial charge in [-0.2, -0.15) is 0 Å². The van der Waals surface area contributed by atoms with Crippen molar-refractivity contribution in [2.24, 2.45) is 0 Å². The van der Waals surface area contributed by atoms with E-state index in [9.17, 15) is 18.4 Å². The number of nitrogens with zero attached hydrogens (tertiary/aromatic N) is 1. The van der Waals surface area contributed by atoms with Crippen molar-refractivity contribution >= 4 is 16.9 Å². The highest BCUT2D eigenvalue weighted by Crippen LogP contribution is 2.28. The second-order valence-corrected chi connectivity index (χ2v) is 6.62. The maximum absolute atomic E-state index is 14.9. The highest BCUT2D eigenvalue weighted by atomic mass is 19.1. The molecule has 1 N–H and O–H groups in total. The summed E-state index contributed by atoms with van der Waals surface area (Å²) in [6, 6.07) is 17.1. The number of halogens is 2. The predicted octanol–water partition coefficient (Wildman–Crippen LogP) is 4.56. The Bertz CT molecular complexity index is 1280. The molecule has 29 heavy (non-hydrogen) atoms. The zero-order chi connectivity index (χ0) is 20.5. The largest absolute Gasteiger partial charge is 0.481 e. The fraction of sp³-hybridized carbons (Fsp3) is 0.0435. The summed E-state index contributed by atoms with van der Waals surface area (Å²) < 4.78 is 29.8. The maximum atomic E-state index is 14.9. The van der Waals surface area contributed by atoms with Gasteiger partial charge in [-0.05, 0) is 42.0 Å². The molecule has 4 nitrogen and oxygen atoms in total. The minimum absolute atomic E-state index is 0.0581. The Balaban J connectivity index is 2.05. The molecule has 0 saturated heterocycles. The molecule has 3 aromatic carbocycles. The molecule has 1 aromatic heterocycles. The molecule has 0 aliphatic rings. The molecular weight excluding hydrogens is 376 g/mol. The van der Waals surface area contributed by atoms with Crippen molar-refractivity contribution in [2.45, 2.75) is 6.42 Å². The normalized spacial score (nSPS) is 11.0. The average molecular weight is 391 g/mol. The van der Waals surface area contributed by atoms with Crippen LogP contribution in [0.25, 0.3) is 27.7 Å². The summed E-state index contributed by atoms with van der Waals surface area (Å²) in [5.41, 5.74) is 1.33. The Labute approximate surface area is 164 Å². The molecule has 4 aromatic rings. The lowest BCUT2D eigenvalue weighted by Gasteiger charge is -2.15. The zero-order valence-corrected chi connectivity index (χ0v) is 15.1. The first kappa shape index (κ1) is 18.6. The van der Waals surface area contributed by atoms with Crippen molar-refractivity contribution < 1.29 is 18.7 Å². The molecule has 0 amide bonds. The molecule has 0 aliphatic carbocycles. The molecule has 0 bridgehead atoms. The first-order valence-corrected chi connectivity index (χ1v) is 8.85. The highest BCUT2D eigenvalue weighted by molar-refractivity contribution is 5.87. The number of aliphatic carboxylic acids is 1. The lowest BCUT2D eigenvalue weighted by Crippen LogP contribution is -2.17. The van der Waals surface area contributed by atoms with Gasteiger partial charge in [-0.3, -0.25) is 9.59 Å². The monoisotopic (exact) mass is 391 g/mol. The van der Waals surface area contributed by atoms with Gasteiger partial charge in [0.25, 0.3) is 0 Å². The summed E-state index contributed by atoms with van der Waals surface area (Å²) in [6.45, 7) is 0. The zero-order valence-electron chi connectivity index (χ0n) is 15.1. The summed E-state index contributed by atoms with van der Waals surface area (Å²) in [4.78, 5) is 24.0. The van der Waals surface area contributed by atoms with Crippen molar-refractivity contribution in [1.82, 2.24) is 4.57 Å². The number of carboxylic acids is 1. The van der Waals surface area contributed by atoms with Gasteiger partial charge in [0.1, 0.15) is 11.6 Å². The van der Waals surface area contributed by atoms with Crippen LogP contribution in [0.1, 0.15) is 5.56 Å². The van der Waals surface area contributed by atoms with Gasteiger partial charge in [0, 0.05) is 28.4 Å². The first-order chi connectivity index (χ1) is 13.9. The van der Waals surface area contributed by atoms with Crippen LogP contribution in [-0.4, -0.2) is 15.6 Å². The van der Waals surface area contributed by atoms with Crippen LogP contribution in [0.15, 0.2) is 77.7 Å². The standard InChI is InChI=1S/C23H15F2NO3/c24-16-8-6-14(7-9-16)18-12-21-19(11-20(18)25)23(29)15(10-22(27)28)13-26(21)17-4-2-1-3-5-17/h1-9,11-13H,10H2,(H,27,28). The van der Waals surface area contributed by atoms with Crippen LogP contribution < -0.4 is 5.43 Å². The molecule has 0 saturated carbocycles. The van der Waals surface area contributed by atoms with Gasteiger partial charge in [0.15, 0.2) is 5.43 Å². The number of hydrogen-bond donors (Lipinski definition) is 1. The van der Waals surface area contributed by atoms with Gasteiger partial charge >= 0.3 is 5.97 Å². The van der Waals surface area contributed by atoms with Gasteiger partial charge in [0.05, 0.1) is 11.9 Å². The molecule has 6 heteroatoms. The van der Waals surface area contributed by atoms with Crippen molar-refractivity contribution in [1.29, 1.82) is 0 Å². The Morgan fingerprint density at radius 2 is 1.66 bits per heavy atom. The molecule has 0 aliphatic heterocycles. The summed E-state index contributed by atoms with van der Waals surface area (Å²) in [5.74, 6) is -2.23.